The van der Waals surface area contributed by atoms with Crippen LogP contribution in [-0.4, -0.2) is 33.2 Å². The summed E-state index contributed by atoms with van der Waals surface area (Å²) in [5, 5.41) is 9.68. The van der Waals surface area contributed by atoms with Crippen molar-refractivity contribution in [1.82, 2.24) is 4.90 Å². The van der Waals surface area contributed by atoms with E-state index in [1.165, 1.54) is 0 Å². The van der Waals surface area contributed by atoms with E-state index in [9.17, 15) is 5.11 Å². The summed E-state index contributed by atoms with van der Waals surface area (Å²) in [6, 6.07) is 0. The van der Waals surface area contributed by atoms with Crippen LogP contribution in [-0.2, 0) is 0 Å². The topological polar surface area (TPSA) is 23.5 Å². The number of halogens is 1. The zero-order valence-electron chi connectivity index (χ0n) is 6.47. The van der Waals surface area contributed by atoms with Gasteiger partial charge in [0, 0.05) is 10.5 Å². The Labute approximate surface area is 75.7 Å². The third-order valence-electron chi connectivity index (χ3n) is 2.23. The molecule has 0 aromatic carbocycles. The number of piperidine rings is 1. The van der Waals surface area contributed by atoms with E-state index in [-0.39, 0.29) is 0 Å². The lowest BCUT2D eigenvalue weighted by atomic mass is 10.0. The minimum atomic E-state index is -0.554. The van der Waals surface area contributed by atoms with Gasteiger partial charge in [-0.3, -0.25) is 4.90 Å². The Hall–Kier alpha value is 0.650. The van der Waals surface area contributed by atoms with E-state index in [1.807, 2.05) is 18.9 Å². The highest BCUT2D eigenvalue weighted by atomic mass is 127. The van der Waals surface area contributed by atoms with Crippen molar-refractivity contribution in [3.8, 4) is 0 Å². The van der Waals surface area contributed by atoms with Crippen LogP contribution in [0.15, 0.2) is 0 Å². The van der Waals surface area contributed by atoms with Gasteiger partial charge < -0.3 is 5.11 Å². The zero-order valence-corrected chi connectivity index (χ0v) is 8.63. The maximum Gasteiger partial charge on any atom is 0.115 e. The van der Waals surface area contributed by atoms with Crippen molar-refractivity contribution >= 4 is 22.6 Å². The van der Waals surface area contributed by atoms with Gasteiger partial charge in [0.1, 0.15) is 5.72 Å². The van der Waals surface area contributed by atoms with E-state index < -0.39 is 5.72 Å². The largest absolute Gasteiger partial charge is 0.376 e. The first-order valence-electron chi connectivity index (χ1n) is 3.60. The highest BCUT2D eigenvalue weighted by molar-refractivity contribution is 14.1. The summed E-state index contributed by atoms with van der Waals surface area (Å²) in [5.41, 5.74) is -0.554. The number of rotatable bonds is 0. The Bertz CT molecular complexity index is 127. The molecule has 60 valence electrons. The van der Waals surface area contributed by atoms with Crippen LogP contribution in [0.25, 0.3) is 0 Å². The zero-order chi connectivity index (χ0) is 7.78. The number of nitrogens with zero attached hydrogens (tertiary/aromatic N) is 1. The number of alkyl halides is 1. The molecule has 1 saturated heterocycles. The molecule has 2 nitrogen and oxygen atoms in total. The monoisotopic (exact) mass is 255 g/mol. The van der Waals surface area contributed by atoms with Crippen molar-refractivity contribution in [2.24, 2.45) is 0 Å². The number of aliphatic hydroxyl groups is 1. The smallest absolute Gasteiger partial charge is 0.115 e. The molecule has 2 atom stereocenters. The molecule has 0 aromatic heterocycles. The van der Waals surface area contributed by atoms with Gasteiger partial charge in [0.15, 0.2) is 0 Å². The predicted molar refractivity (Wildman–Crippen MR) is 50.3 cm³/mol. The van der Waals surface area contributed by atoms with Crippen molar-refractivity contribution < 1.29 is 5.11 Å². The van der Waals surface area contributed by atoms with E-state index in [0.717, 1.165) is 19.4 Å². The Morgan fingerprint density at radius 1 is 1.70 bits per heavy atom. The summed E-state index contributed by atoms with van der Waals surface area (Å²) in [6.07, 6.45) is 2.04. The first kappa shape index (κ1) is 8.74. The van der Waals surface area contributed by atoms with Crippen LogP contribution in [0.4, 0.5) is 0 Å². The quantitative estimate of drug-likeness (QED) is 0.519. The molecule has 3 heteroatoms. The molecular weight excluding hydrogens is 241 g/mol. The second kappa shape index (κ2) is 2.95. The molecule has 1 aliphatic heterocycles. The fourth-order valence-corrected chi connectivity index (χ4v) is 2.11. The molecule has 0 bridgehead atoms. The molecule has 1 heterocycles. The molecule has 0 aliphatic carbocycles. The molecule has 1 fully saturated rings. The van der Waals surface area contributed by atoms with Crippen molar-refractivity contribution in [2.45, 2.75) is 29.4 Å². The van der Waals surface area contributed by atoms with Crippen LogP contribution >= 0.6 is 22.6 Å². The van der Waals surface area contributed by atoms with Crippen LogP contribution in [0.3, 0.4) is 0 Å². The maximum absolute atomic E-state index is 9.68. The van der Waals surface area contributed by atoms with Crippen LogP contribution in [0, 0.1) is 0 Å². The minimum Gasteiger partial charge on any atom is -0.376 e. The Balaban J connectivity index is 2.52. The van der Waals surface area contributed by atoms with Crippen LogP contribution in [0.2, 0.25) is 0 Å². The fourth-order valence-electron chi connectivity index (χ4n) is 1.21. The van der Waals surface area contributed by atoms with Crippen molar-refractivity contribution in [3.05, 3.63) is 0 Å². The van der Waals surface area contributed by atoms with Crippen molar-refractivity contribution in [1.29, 1.82) is 0 Å². The Morgan fingerprint density at radius 2 is 2.30 bits per heavy atom. The SMILES string of the molecule is CN1C[C@@H](I)CCC1(C)O. The molecular formula is C7H14INO. The maximum atomic E-state index is 9.68. The summed E-state index contributed by atoms with van der Waals surface area (Å²) < 4.78 is 0.711. The third kappa shape index (κ3) is 1.83. The summed E-state index contributed by atoms with van der Waals surface area (Å²) in [5.74, 6) is 0. The van der Waals surface area contributed by atoms with Gasteiger partial charge in [0.25, 0.3) is 0 Å². The average Bonchev–Trinajstić information content (AvgIpc) is 1.81. The summed E-state index contributed by atoms with van der Waals surface area (Å²) in [4.78, 5) is 2.02. The van der Waals surface area contributed by atoms with E-state index in [1.54, 1.807) is 0 Å². The lowest BCUT2D eigenvalue weighted by Gasteiger charge is -2.40. The van der Waals surface area contributed by atoms with Gasteiger partial charge in [-0.05, 0) is 26.8 Å². The Morgan fingerprint density at radius 3 is 2.70 bits per heavy atom. The van der Waals surface area contributed by atoms with E-state index in [4.69, 9.17) is 0 Å². The molecule has 1 aliphatic rings. The molecule has 0 radical (unpaired) electrons. The van der Waals surface area contributed by atoms with Gasteiger partial charge in [0.2, 0.25) is 0 Å². The van der Waals surface area contributed by atoms with Crippen LogP contribution < -0.4 is 0 Å². The van der Waals surface area contributed by atoms with E-state index >= 15 is 0 Å². The second-order valence-corrected chi connectivity index (χ2v) is 5.00. The van der Waals surface area contributed by atoms with Gasteiger partial charge >= 0.3 is 0 Å². The first-order chi connectivity index (χ1) is 4.52. The molecule has 0 saturated carbocycles. The first-order valence-corrected chi connectivity index (χ1v) is 4.84. The highest BCUT2D eigenvalue weighted by Crippen LogP contribution is 2.27. The lowest BCUT2D eigenvalue weighted by Crippen LogP contribution is -2.50. The number of hydrogen-bond acceptors (Lipinski definition) is 2. The van der Waals surface area contributed by atoms with Crippen LogP contribution in [0.5, 0.6) is 0 Å². The molecule has 10 heavy (non-hydrogen) atoms. The molecule has 1 unspecified atom stereocenters. The molecule has 1 N–H and O–H groups in total. The molecule has 0 spiro atoms. The van der Waals surface area contributed by atoms with Gasteiger partial charge in [0.05, 0.1) is 0 Å². The van der Waals surface area contributed by atoms with Gasteiger partial charge in [-0.1, -0.05) is 22.6 Å². The Kier molecular flexibility index (Phi) is 2.58. The van der Waals surface area contributed by atoms with Crippen molar-refractivity contribution in [3.63, 3.8) is 0 Å². The number of hydrogen-bond donors (Lipinski definition) is 1. The van der Waals surface area contributed by atoms with E-state index in [0.29, 0.717) is 3.92 Å². The summed E-state index contributed by atoms with van der Waals surface area (Å²) in [7, 11) is 1.98. The van der Waals surface area contributed by atoms with Gasteiger partial charge in [-0.25, -0.2) is 0 Å². The standard InChI is InChI=1S/C7H14INO/c1-7(10)4-3-6(8)5-9(7)2/h6,10H,3-5H2,1-2H3/t6-,7?/m0/s1. The van der Waals surface area contributed by atoms with E-state index in [2.05, 4.69) is 22.6 Å². The average molecular weight is 255 g/mol. The lowest BCUT2D eigenvalue weighted by molar-refractivity contribution is -0.100. The van der Waals surface area contributed by atoms with Crippen LogP contribution in [0.1, 0.15) is 19.8 Å². The van der Waals surface area contributed by atoms with Gasteiger partial charge in [-0.15, -0.1) is 0 Å². The highest BCUT2D eigenvalue weighted by Gasteiger charge is 2.32. The third-order valence-corrected chi connectivity index (χ3v) is 3.24. The second-order valence-electron chi connectivity index (χ2n) is 3.23. The van der Waals surface area contributed by atoms with Gasteiger partial charge in [-0.2, -0.15) is 0 Å². The normalized spacial score (nSPS) is 43.8. The fraction of sp³-hybridized carbons (Fsp3) is 1.00. The minimum absolute atomic E-state index is 0.554. The molecule has 1 rings (SSSR count). The van der Waals surface area contributed by atoms with Crippen molar-refractivity contribution in [2.75, 3.05) is 13.6 Å². The molecule has 0 aromatic rings. The predicted octanol–water partition coefficient (Wildman–Crippen LogP) is 1.22. The molecule has 0 amide bonds. The summed E-state index contributed by atoms with van der Waals surface area (Å²) in [6.45, 7) is 2.89. The summed E-state index contributed by atoms with van der Waals surface area (Å²) >= 11 is 2.44. The number of likely N-dealkylation sites (tertiary alicyclic amines) is 1.